The number of hydrogen-bond acceptors (Lipinski definition) is 1. The highest BCUT2D eigenvalue weighted by Gasteiger charge is 2.11. The van der Waals surface area contributed by atoms with Crippen molar-refractivity contribution >= 4 is 22.5 Å². The van der Waals surface area contributed by atoms with Crippen molar-refractivity contribution in [3.8, 4) is 17.0 Å². The van der Waals surface area contributed by atoms with Gasteiger partial charge in [0.25, 0.3) is 0 Å². The molecule has 0 spiro atoms. The number of ether oxygens (including phenoxy) is 1. The zero-order valence-electron chi connectivity index (χ0n) is 10.2. The van der Waals surface area contributed by atoms with E-state index in [0.29, 0.717) is 16.2 Å². The quantitative estimate of drug-likeness (QED) is 0.724. The largest absolute Gasteiger partial charge is 0.496 e. The number of H-pyrrole nitrogens is 1. The molecular weight excluding hydrogens is 265 g/mol. The molecule has 0 saturated carbocycles. The predicted octanol–water partition coefficient (Wildman–Crippen LogP) is 4.64. The standard InChI is InChI=1S/C15H11ClFNO/c1-19-15-6-5-9(16)7-11(15)14-8-10-12(17)3-2-4-13(10)18-14/h2-8,18H,1H3. The lowest BCUT2D eigenvalue weighted by atomic mass is 10.1. The maximum absolute atomic E-state index is 13.7. The van der Waals surface area contributed by atoms with E-state index < -0.39 is 0 Å². The Labute approximate surface area is 114 Å². The fourth-order valence-electron chi connectivity index (χ4n) is 2.15. The summed E-state index contributed by atoms with van der Waals surface area (Å²) in [6, 6.07) is 12.1. The lowest BCUT2D eigenvalue weighted by Gasteiger charge is -2.06. The zero-order chi connectivity index (χ0) is 13.4. The molecule has 0 aliphatic carbocycles. The maximum atomic E-state index is 13.7. The molecule has 96 valence electrons. The summed E-state index contributed by atoms with van der Waals surface area (Å²) >= 11 is 6.01. The molecule has 4 heteroatoms. The third-order valence-electron chi connectivity index (χ3n) is 3.06. The second-order valence-corrected chi connectivity index (χ2v) is 4.67. The molecule has 3 aromatic rings. The molecule has 0 amide bonds. The highest BCUT2D eigenvalue weighted by Crippen LogP contribution is 2.34. The summed E-state index contributed by atoms with van der Waals surface area (Å²) in [7, 11) is 1.59. The first-order valence-corrected chi connectivity index (χ1v) is 6.18. The SMILES string of the molecule is COc1ccc(Cl)cc1-c1cc2c(F)cccc2[nH]1. The van der Waals surface area contributed by atoms with Gasteiger partial charge >= 0.3 is 0 Å². The third-order valence-corrected chi connectivity index (χ3v) is 3.30. The summed E-state index contributed by atoms with van der Waals surface area (Å²) in [6.45, 7) is 0. The average molecular weight is 276 g/mol. The molecule has 0 saturated heterocycles. The smallest absolute Gasteiger partial charge is 0.132 e. The van der Waals surface area contributed by atoms with Gasteiger partial charge in [-0.05, 0) is 36.4 Å². The number of methoxy groups -OCH3 is 1. The van der Waals surface area contributed by atoms with Gasteiger partial charge in [-0.25, -0.2) is 4.39 Å². The van der Waals surface area contributed by atoms with Crippen molar-refractivity contribution in [1.29, 1.82) is 0 Å². The van der Waals surface area contributed by atoms with Crippen LogP contribution >= 0.6 is 11.6 Å². The Balaban J connectivity index is 2.24. The predicted molar refractivity (Wildman–Crippen MR) is 75.3 cm³/mol. The molecule has 3 rings (SSSR count). The molecular formula is C15H11ClFNO. The molecule has 0 unspecified atom stereocenters. The van der Waals surface area contributed by atoms with Crippen LogP contribution in [0.3, 0.4) is 0 Å². The van der Waals surface area contributed by atoms with Crippen LogP contribution in [0.4, 0.5) is 4.39 Å². The van der Waals surface area contributed by atoms with Crippen LogP contribution in [-0.4, -0.2) is 12.1 Å². The number of benzene rings is 2. The summed E-state index contributed by atoms with van der Waals surface area (Å²) in [5, 5.41) is 1.16. The van der Waals surface area contributed by atoms with E-state index in [1.165, 1.54) is 6.07 Å². The zero-order valence-corrected chi connectivity index (χ0v) is 11.0. The van der Waals surface area contributed by atoms with E-state index in [1.807, 2.05) is 6.07 Å². The van der Waals surface area contributed by atoms with Gasteiger partial charge in [0.2, 0.25) is 0 Å². The first-order valence-electron chi connectivity index (χ1n) is 5.80. The van der Waals surface area contributed by atoms with Gasteiger partial charge in [-0.15, -0.1) is 0 Å². The Kier molecular flexibility index (Phi) is 2.91. The molecule has 0 fully saturated rings. The Morgan fingerprint density at radius 3 is 2.74 bits per heavy atom. The molecule has 2 aromatic carbocycles. The van der Waals surface area contributed by atoms with Crippen LogP contribution in [0.15, 0.2) is 42.5 Å². The molecule has 1 N–H and O–H groups in total. The van der Waals surface area contributed by atoms with Crippen molar-refractivity contribution in [2.24, 2.45) is 0 Å². The second kappa shape index (κ2) is 4.59. The van der Waals surface area contributed by atoms with Gasteiger partial charge in [0.15, 0.2) is 0 Å². The first kappa shape index (κ1) is 12.1. The van der Waals surface area contributed by atoms with Crippen LogP contribution < -0.4 is 4.74 Å². The number of nitrogens with one attached hydrogen (secondary N) is 1. The fourth-order valence-corrected chi connectivity index (χ4v) is 2.33. The van der Waals surface area contributed by atoms with Crippen LogP contribution in [0.2, 0.25) is 5.02 Å². The van der Waals surface area contributed by atoms with Gasteiger partial charge in [-0.2, -0.15) is 0 Å². The van der Waals surface area contributed by atoms with E-state index in [4.69, 9.17) is 16.3 Å². The highest BCUT2D eigenvalue weighted by molar-refractivity contribution is 6.31. The van der Waals surface area contributed by atoms with Crippen molar-refractivity contribution in [3.63, 3.8) is 0 Å². The minimum atomic E-state index is -0.249. The van der Waals surface area contributed by atoms with Gasteiger partial charge in [0, 0.05) is 21.5 Å². The number of aromatic nitrogens is 1. The minimum Gasteiger partial charge on any atom is -0.496 e. The Morgan fingerprint density at radius 1 is 1.16 bits per heavy atom. The lowest BCUT2D eigenvalue weighted by Crippen LogP contribution is -1.87. The number of rotatable bonds is 2. The Hall–Kier alpha value is -2.00. The number of fused-ring (bicyclic) bond motifs is 1. The van der Waals surface area contributed by atoms with Crippen molar-refractivity contribution in [1.82, 2.24) is 4.98 Å². The van der Waals surface area contributed by atoms with E-state index in [-0.39, 0.29) is 5.82 Å². The van der Waals surface area contributed by atoms with Crippen molar-refractivity contribution < 1.29 is 9.13 Å². The average Bonchev–Trinajstić information content (AvgIpc) is 2.84. The topological polar surface area (TPSA) is 25.0 Å². The molecule has 0 radical (unpaired) electrons. The number of halogens is 2. The minimum absolute atomic E-state index is 0.249. The van der Waals surface area contributed by atoms with Crippen LogP contribution in [0, 0.1) is 5.82 Å². The molecule has 0 atom stereocenters. The summed E-state index contributed by atoms with van der Waals surface area (Å²) < 4.78 is 19.0. The molecule has 0 aliphatic heterocycles. The van der Waals surface area contributed by atoms with E-state index in [2.05, 4.69) is 4.98 Å². The lowest BCUT2D eigenvalue weighted by molar-refractivity contribution is 0.416. The van der Waals surface area contributed by atoms with Crippen molar-refractivity contribution in [3.05, 3.63) is 53.3 Å². The molecule has 2 nitrogen and oxygen atoms in total. The molecule has 1 aromatic heterocycles. The van der Waals surface area contributed by atoms with Crippen molar-refractivity contribution in [2.45, 2.75) is 0 Å². The summed E-state index contributed by atoms with van der Waals surface area (Å²) in [5.74, 6) is 0.442. The fraction of sp³-hybridized carbons (Fsp3) is 0.0667. The van der Waals surface area contributed by atoms with E-state index in [1.54, 1.807) is 37.4 Å². The van der Waals surface area contributed by atoms with Crippen LogP contribution in [0.5, 0.6) is 5.75 Å². The van der Waals surface area contributed by atoms with Crippen LogP contribution in [0.25, 0.3) is 22.2 Å². The van der Waals surface area contributed by atoms with Gasteiger partial charge in [-0.1, -0.05) is 17.7 Å². The summed E-state index contributed by atoms with van der Waals surface area (Å²) in [6.07, 6.45) is 0. The van der Waals surface area contributed by atoms with Gasteiger partial charge < -0.3 is 9.72 Å². The summed E-state index contributed by atoms with van der Waals surface area (Å²) in [5.41, 5.74) is 2.34. The molecule has 19 heavy (non-hydrogen) atoms. The second-order valence-electron chi connectivity index (χ2n) is 4.23. The van der Waals surface area contributed by atoms with Crippen LogP contribution in [0.1, 0.15) is 0 Å². The maximum Gasteiger partial charge on any atom is 0.132 e. The van der Waals surface area contributed by atoms with E-state index in [9.17, 15) is 4.39 Å². The highest BCUT2D eigenvalue weighted by atomic mass is 35.5. The van der Waals surface area contributed by atoms with E-state index in [0.717, 1.165) is 16.8 Å². The third kappa shape index (κ3) is 2.06. The first-order chi connectivity index (χ1) is 9.19. The Bertz CT molecular complexity index is 751. The van der Waals surface area contributed by atoms with Gasteiger partial charge in [0.05, 0.1) is 12.8 Å². The van der Waals surface area contributed by atoms with Gasteiger partial charge in [-0.3, -0.25) is 0 Å². The monoisotopic (exact) mass is 275 g/mol. The molecule has 1 heterocycles. The number of hydrogen-bond donors (Lipinski definition) is 1. The van der Waals surface area contributed by atoms with Gasteiger partial charge in [0.1, 0.15) is 11.6 Å². The summed E-state index contributed by atoms with van der Waals surface area (Å²) in [4.78, 5) is 3.18. The molecule has 0 bridgehead atoms. The van der Waals surface area contributed by atoms with E-state index >= 15 is 0 Å². The Morgan fingerprint density at radius 2 is 2.00 bits per heavy atom. The van der Waals surface area contributed by atoms with Crippen molar-refractivity contribution in [2.75, 3.05) is 7.11 Å². The van der Waals surface area contributed by atoms with Crippen LogP contribution in [-0.2, 0) is 0 Å². The molecule has 0 aliphatic rings. The normalized spacial score (nSPS) is 10.9. The number of aromatic amines is 1.